The van der Waals surface area contributed by atoms with E-state index in [1.54, 1.807) is 0 Å². The molecule has 0 heterocycles. The molecule has 0 bridgehead atoms. The molecule has 5 heteroatoms. The van der Waals surface area contributed by atoms with Crippen molar-refractivity contribution in [1.29, 1.82) is 0 Å². The molecule has 2 amide bonds. The highest BCUT2D eigenvalue weighted by atomic mass is 16.2. The van der Waals surface area contributed by atoms with Gasteiger partial charge in [-0.3, -0.25) is 9.59 Å². The topological polar surface area (TPSA) is 84.2 Å². The van der Waals surface area contributed by atoms with E-state index in [0.29, 0.717) is 13.0 Å². The van der Waals surface area contributed by atoms with Gasteiger partial charge in [0, 0.05) is 24.9 Å². The summed E-state index contributed by atoms with van der Waals surface area (Å²) in [4.78, 5) is 22.4. The molecular weight excluding hydrogens is 206 g/mol. The highest BCUT2D eigenvalue weighted by molar-refractivity contribution is 5.77. The van der Waals surface area contributed by atoms with Gasteiger partial charge in [0.2, 0.25) is 11.8 Å². The van der Waals surface area contributed by atoms with E-state index in [1.807, 2.05) is 7.05 Å². The van der Waals surface area contributed by atoms with Crippen LogP contribution in [0.3, 0.4) is 0 Å². The number of rotatable bonds is 5. The smallest absolute Gasteiger partial charge is 0.221 e. The average Bonchev–Trinajstić information content (AvgIpc) is 2.27. The zero-order valence-corrected chi connectivity index (χ0v) is 9.79. The van der Waals surface area contributed by atoms with Crippen molar-refractivity contribution in [3.05, 3.63) is 0 Å². The summed E-state index contributed by atoms with van der Waals surface area (Å²) in [5.74, 6) is -0.123. The van der Waals surface area contributed by atoms with Crippen LogP contribution < -0.4 is 16.4 Å². The highest BCUT2D eigenvalue weighted by Crippen LogP contribution is 2.23. The quantitative estimate of drug-likeness (QED) is 0.606. The summed E-state index contributed by atoms with van der Waals surface area (Å²) in [6.07, 6.45) is 3.82. The van der Waals surface area contributed by atoms with Crippen LogP contribution in [0.25, 0.3) is 0 Å². The van der Waals surface area contributed by atoms with E-state index in [-0.39, 0.29) is 23.8 Å². The van der Waals surface area contributed by atoms with E-state index in [4.69, 9.17) is 5.73 Å². The highest BCUT2D eigenvalue weighted by Gasteiger charge is 2.25. The van der Waals surface area contributed by atoms with Gasteiger partial charge in [-0.2, -0.15) is 0 Å². The van der Waals surface area contributed by atoms with Crippen molar-refractivity contribution in [2.75, 3.05) is 13.6 Å². The zero-order chi connectivity index (χ0) is 12.0. The lowest BCUT2D eigenvalue weighted by molar-refractivity contribution is -0.123. The lowest BCUT2D eigenvalue weighted by Crippen LogP contribution is -2.40. The van der Waals surface area contributed by atoms with Crippen LogP contribution in [0, 0.1) is 5.92 Å². The molecule has 0 aromatic heterocycles. The van der Waals surface area contributed by atoms with Gasteiger partial charge < -0.3 is 16.4 Å². The molecule has 1 aliphatic carbocycles. The van der Waals surface area contributed by atoms with Gasteiger partial charge in [0.1, 0.15) is 0 Å². The monoisotopic (exact) mass is 227 g/mol. The van der Waals surface area contributed by atoms with E-state index >= 15 is 0 Å². The van der Waals surface area contributed by atoms with Gasteiger partial charge in [-0.05, 0) is 32.7 Å². The van der Waals surface area contributed by atoms with Gasteiger partial charge in [-0.1, -0.05) is 0 Å². The summed E-state index contributed by atoms with van der Waals surface area (Å²) in [6, 6.07) is 0.222. The third-order valence-corrected chi connectivity index (χ3v) is 3.10. The van der Waals surface area contributed by atoms with Crippen LogP contribution >= 0.6 is 0 Å². The van der Waals surface area contributed by atoms with E-state index in [0.717, 1.165) is 25.7 Å². The maximum Gasteiger partial charge on any atom is 0.221 e. The van der Waals surface area contributed by atoms with E-state index in [1.165, 1.54) is 0 Å². The summed E-state index contributed by atoms with van der Waals surface area (Å²) in [7, 11) is 1.82. The molecule has 0 saturated heterocycles. The molecule has 0 aromatic carbocycles. The number of primary amides is 1. The number of carbonyl (C=O) groups excluding carboxylic acids is 2. The van der Waals surface area contributed by atoms with E-state index < -0.39 is 0 Å². The Morgan fingerprint density at radius 3 is 2.38 bits per heavy atom. The Hall–Kier alpha value is -1.10. The minimum atomic E-state index is -0.208. The number of nitrogens with one attached hydrogen (secondary N) is 2. The van der Waals surface area contributed by atoms with Crippen LogP contribution in [0.4, 0.5) is 0 Å². The Kier molecular flexibility index (Phi) is 5.25. The van der Waals surface area contributed by atoms with Crippen LogP contribution in [0.1, 0.15) is 32.1 Å². The number of nitrogens with two attached hydrogens (primary N) is 1. The first-order chi connectivity index (χ1) is 7.63. The van der Waals surface area contributed by atoms with Gasteiger partial charge in [0.05, 0.1) is 0 Å². The van der Waals surface area contributed by atoms with Crippen LogP contribution in [-0.2, 0) is 9.59 Å². The van der Waals surface area contributed by atoms with Crippen molar-refractivity contribution in [3.8, 4) is 0 Å². The molecule has 1 rings (SSSR count). The Balaban J connectivity index is 2.21. The van der Waals surface area contributed by atoms with Crippen LogP contribution in [0.5, 0.6) is 0 Å². The first kappa shape index (κ1) is 13.0. The van der Waals surface area contributed by atoms with Crippen molar-refractivity contribution in [1.82, 2.24) is 10.6 Å². The predicted molar refractivity (Wildman–Crippen MR) is 61.6 cm³/mol. The number of hydrogen-bond donors (Lipinski definition) is 3. The predicted octanol–water partition coefficient (Wildman–Crippen LogP) is -0.244. The zero-order valence-electron chi connectivity index (χ0n) is 9.79. The minimum Gasteiger partial charge on any atom is -0.369 e. The molecule has 16 heavy (non-hydrogen) atoms. The normalized spacial score (nSPS) is 25.1. The average molecular weight is 227 g/mol. The van der Waals surface area contributed by atoms with Crippen molar-refractivity contribution in [2.45, 2.75) is 38.1 Å². The van der Waals surface area contributed by atoms with Crippen LogP contribution in [0.2, 0.25) is 0 Å². The molecule has 0 atom stereocenters. The van der Waals surface area contributed by atoms with Crippen molar-refractivity contribution in [3.63, 3.8) is 0 Å². The number of carbonyl (C=O) groups is 2. The van der Waals surface area contributed by atoms with Gasteiger partial charge in [-0.15, -0.1) is 0 Å². The molecule has 1 aliphatic rings. The molecule has 4 N–H and O–H groups in total. The Morgan fingerprint density at radius 2 is 1.88 bits per heavy atom. The second kappa shape index (κ2) is 6.48. The van der Waals surface area contributed by atoms with Crippen LogP contribution in [0.15, 0.2) is 0 Å². The van der Waals surface area contributed by atoms with Gasteiger partial charge in [0.15, 0.2) is 0 Å². The third-order valence-electron chi connectivity index (χ3n) is 3.10. The SMILES string of the molecule is CNCCC(=O)NC1CCC(C(N)=O)CC1. The fourth-order valence-electron chi connectivity index (χ4n) is 2.06. The third kappa shape index (κ3) is 4.18. The molecule has 1 saturated carbocycles. The summed E-state index contributed by atoms with van der Waals surface area (Å²) < 4.78 is 0. The van der Waals surface area contributed by atoms with Crippen molar-refractivity contribution in [2.24, 2.45) is 11.7 Å². The summed E-state index contributed by atoms with van der Waals surface area (Å²) in [5.41, 5.74) is 5.25. The largest absolute Gasteiger partial charge is 0.369 e. The van der Waals surface area contributed by atoms with Crippen molar-refractivity contribution >= 4 is 11.8 Å². The molecular formula is C11H21N3O2. The lowest BCUT2D eigenvalue weighted by Gasteiger charge is -2.27. The Labute approximate surface area is 96.1 Å². The molecule has 1 fully saturated rings. The molecule has 0 spiro atoms. The Bertz CT molecular complexity index is 248. The fraction of sp³-hybridized carbons (Fsp3) is 0.818. The second-order valence-corrected chi connectivity index (χ2v) is 4.37. The molecule has 0 unspecified atom stereocenters. The van der Waals surface area contributed by atoms with Gasteiger partial charge in [0.25, 0.3) is 0 Å². The molecule has 5 nitrogen and oxygen atoms in total. The lowest BCUT2D eigenvalue weighted by atomic mass is 9.85. The molecule has 92 valence electrons. The number of amides is 2. The van der Waals surface area contributed by atoms with Crippen LogP contribution in [-0.4, -0.2) is 31.4 Å². The maximum atomic E-state index is 11.4. The summed E-state index contributed by atoms with van der Waals surface area (Å²) in [6.45, 7) is 0.697. The Morgan fingerprint density at radius 1 is 1.25 bits per heavy atom. The standard InChI is InChI=1S/C11H21N3O2/c1-13-7-6-10(15)14-9-4-2-8(3-5-9)11(12)16/h8-9,13H,2-7H2,1H3,(H2,12,16)(H,14,15). The molecule has 0 aliphatic heterocycles. The van der Waals surface area contributed by atoms with Gasteiger partial charge in [-0.25, -0.2) is 0 Å². The number of hydrogen-bond acceptors (Lipinski definition) is 3. The van der Waals surface area contributed by atoms with E-state index in [9.17, 15) is 9.59 Å². The minimum absolute atomic E-state index is 0.00506. The van der Waals surface area contributed by atoms with E-state index in [2.05, 4.69) is 10.6 Å². The molecule has 0 radical (unpaired) electrons. The first-order valence-corrected chi connectivity index (χ1v) is 5.86. The fourth-order valence-corrected chi connectivity index (χ4v) is 2.06. The summed E-state index contributed by atoms with van der Waals surface area (Å²) >= 11 is 0. The molecule has 0 aromatic rings. The maximum absolute atomic E-state index is 11.4. The second-order valence-electron chi connectivity index (χ2n) is 4.37. The van der Waals surface area contributed by atoms with Crippen molar-refractivity contribution < 1.29 is 9.59 Å². The van der Waals surface area contributed by atoms with Gasteiger partial charge >= 0.3 is 0 Å². The summed E-state index contributed by atoms with van der Waals surface area (Å²) in [5, 5.41) is 5.92. The first-order valence-electron chi connectivity index (χ1n) is 5.86.